The number of carbonyl (C=O) groups is 2. The van der Waals surface area contributed by atoms with Gasteiger partial charge in [0.05, 0.1) is 13.2 Å². The second kappa shape index (κ2) is 76.1. The molecule has 0 amide bonds. The molecule has 0 spiro atoms. The van der Waals surface area contributed by atoms with Crippen molar-refractivity contribution in [3.8, 4) is 0 Å². The zero-order valence-electron chi connectivity index (χ0n) is 59.2. The highest BCUT2D eigenvalue weighted by molar-refractivity contribution is 7.47. The van der Waals surface area contributed by atoms with Crippen molar-refractivity contribution in [1.82, 2.24) is 0 Å². The minimum atomic E-state index is -4.41. The summed E-state index contributed by atoms with van der Waals surface area (Å²) >= 11 is 0. The van der Waals surface area contributed by atoms with Gasteiger partial charge in [-0.3, -0.25) is 18.6 Å². The maximum atomic E-state index is 12.8. The Kier molecular flexibility index (Phi) is 72.1. The number of rotatable bonds is 68. The van der Waals surface area contributed by atoms with E-state index in [0.717, 1.165) is 141 Å². The third kappa shape index (κ3) is 76.0. The largest absolute Gasteiger partial charge is 0.472 e. The van der Waals surface area contributed by atoms with Gasteiger partial charge in [-0.2, -0.15) is 0 Å². The fraction of sp³-hybridized carbons (Fsp3) is 0.614. The number of hydrogen-bond donors (Lipinski definition) is 2. The Morgan fingerprint density at radius 1 is 0.323 bits per heavy atom. The summed E-state index contributed by atoms with van der Waals surface area (Å²) < 4.78 is 33.2. The van der Waals surface area contributed by atoms with E-state index in [1.807, 2.05) is 0 Å². The molecule has 93 heavy (non-hydrogen) atoms. The van der Waals surface area contributed by atoms with Gasteiger partial charge in [-0.15, -0.1) is 0 Å². The molecule has 10 heteroatoms. The molecule has 0 bridgehead atoms. The Bertz CT molecular complexity index is 2180. The summed E-state index contributed by atoms with van der Waals surface area (Å²) in [7, 11) is -4.41. The van der Waals surface area contributed by atoms with E-state index in [4.69, 9.17) is 24.3 Å². The Balaban J connectivity index is 3.94. The molecule has 0 aliphatic rings. The fourth-order valence-electron chi connectivity index (χ4n) is 9.87. The van der Waals surface area contributed by atoms with Crippen molar-refractivity contribution in [3.05, 3.63) is 182 Å². The number of allylic oxidation sites excluding steroid dienone is 30. The molecule has 3 N–H and O–H groups in total. The van der Waals surface area contributed by atoms with Gasteiger partial charge >= 0.3 is 19.8 Å². The molecule has 9 nitrogen and oxygen atoms in total. The number of esters is 2. The third-order valence-electron chi connectivity index (χ3n) is 15.3. The molecule has 0 saturated carbocycles. The minimum Gasteiger partial charge on any atom is -0.462 e. The normalized spacial score (nSPS) is 14.0. The highest BCUT2D eigenvalue weighted by atomic mass is 31.2. The van der Waals surface area contributed by atoms with Gasteiger partial charge in [-0.1, -0.05) is 331 Å². The first-order valence-electron chi connectivity index (χ1n) is 37.3. The maximum Gasteiger partial charge on any atom is 0.472 e. The molecule has 0 rings (SSSR count). The number of nitrogens with two attached hydrogens (primary N) is 1. The lowest BCUT2D eigenvalue weighted by molar-refractivity contribution is -0.161. The van der Waals surface area contributed by atoms with Crippen LogP contribution in [0.1, 0.15) is 296 Å². The van der Waals surface area contributed by atoms with E-state index in [0.29, 0.717) is 6.42 Å². The molecule has 2 atom stereocenters. The van der Waals surface area contributed by atoms with Crippen molar-refractivity contribution >= 4 is 19.8 Å². The van der Waals surface area contributed by atoms with Crippen LogP contribution in [0.5, 0.6) is 0 Å². The summed E-state index contributed by atoms with van der Waals surface area (Å²) in [6.45, 7) is 3.51. The summed E-state index contributed by atoms with van der Waals surface area (Å²) in [6.07, 6.45) is 114. The second-order valence-corrected chi connectivity index (χ2v) is 25.5. The standard InChI is InChI=1S/C83H136NO8P/c1-3-5-7-9-11-13-15-17-19-21-23-25-27-29-31-33-35-37-38-39-40-41-42-44-46-48-50-52-54-56-58-60-62-64-66-68-70-72-74-76-83(86)92-81(80-91-93(87,88)90-78-77-84)79-89-82(85)75-73-71-69-67-65-63-61-59-57-55-53-51-49-47-45-43-36-34-32-30-28-26-24-22-20-18-16-14-12-10-8-6-4-2/h5-8,11-14,17-20,23-26,29-32,35,37,39-40,42,44,48,50,54,56,81H,3-4,9-10,15-16,21-22,27-28,33-34,36,38,41,43,45-47,49,51-53,55,57-80,84H2,1-2H3,(H,87,88)/b7-5-,8-6-,13-11-,14-12-,19-17-,20-18-,25-23-,26-24-,31-29-,32-30-,37-35-,40-39-,44-42-,50-48-,56-54-. The molecule has 0 heterocycles. The first-order chi connectivity index (χ1) is 45.8. The van der Waals surface area contributed by atoms with E-state index in [-0.39, 0.29) is 38.6 Å². The fourth-order valence-corrected chi connectivity index (χ4v) is 10.6. The van der Waals surface area contributed by atoms with Crippen LogP contribution in [0.25, 0.3) is 0 Å². The van der Waals surface area contributed by atoms with Crippen molar-refractivity contribution in [1.29, 1.82) is 0 Å². The van der Waals surface area contributed by atoms with Crippen LogP contribution in [0.3, 0.4) is 0 Å². The first kappa shape index (κ1) is 88.1. The summed E-state index contributed by atoms with van der Waals surface area (Å²) in [4.78, 5) is 35.4. The molecule has 0 fully saturated rings. The third-order valence-corrected chi connectivity index (χ3v) is 16.3. The number of phosphoric ester groups is 1. The smallest absolute Gasteiger partial charge is 0.462 e. The number of ether oxygens (including phenoxy) is 2. The van der Waals surface area contributed by atoms with Crippen LogP contribution in [0.4, 0.5) is 0 Å². The number of unbranched alkanes of at least 4 members (excludes halogenated alkanes) is 25. The molecule has 0 aromatic heterocycles. The number of hydrogen-bond acceptors (Lipinski definition) is 8. The van der Waals surface area contributed by atoms with Crippen molar-refractivity contribution in [2.24, 2.45) is 5.73 Å². The topological polar surface area (TPSA) is 134 Å². The average Bonchev–Trinajstić information content (AvgIpc) is 3.60. The van der Waals surface area contributed by atoms with Crippen molar-refractivity contribution in [2.75, 3.05) is 26.4 Å². The van der Waals surface area contributed by atoms with Gasteiger partial charge in [0.15, 0.2) is 6.10 Å². The average molecular weight is 1310 g/mol. The SMILES string of the molecule is CC/C=C\C/C=C\C/C=C\C/C=C\C/C=C\C/C=C\C/C=C\C/C=C\C/C=C\C/C=C\CCCCCCCCCCC(=O)OC(COC(=O)CCCCCCCCCCCCCCCCCCC/C=C\C/C=C\C/C=C\C/C=C\C/C=C\CC)COP(=O)(O)OCCN. The van der Waals surface area contributed by atoms with Crippen molar-refractivity contribution < 1.29 is 37.6 Å². The van der Waals surface area contributed by atoms with Crippen LogP contribution < -0.4 is 5.73 Å². The first-order valence-corrected chi connectivity index (χ1v) is 38.8. The Hall–Kier alpha value is -4.89. The monoisotopic (exact) mass is 1310 g/mol. The molecule has 0 aliphatic heterocycles. The molecule has 0 saturated heterocycles. The zero-order valence-corrected chi connectivity index (χ0v) is 60.1. The molecule has 0 aromatic carbocycles. The van der Waals surface area contributed by atoms with Crippen LogP contribution in [-0.4, -0.2) is 49.3 Å². The van der Waals surface area contributed by atoms with Gasteiger partial charge in [0.25, 0.3) is 0 Å². The molecular weight excluding hydrogens is 1170 g/mol. The van der Waals surface area contributed by atoms with Crippen molar-refractivity contribution in [2.45, 2.75) is 302 Å². The highest BCUT2D eigenvalue weighted by Gasteiger charge is 2.26. The van der Waals surface area contributed by atoms with E-state index in [1.54, 1.807) is 0 Å². The maximum absolute atomic E-state index is 12.8. The van der Waals surface area contributed by atoms with Crippen LogP contribution >= 0.6 is 7.82 Å². The van der Waals surface area contributed by atoms with Crippen molar-refractivity contribution in [3.63, 3.8) is 0 Å². The summed E-state index contributed by atoms with van der Waals surface area (Å²) in [5.41, 5.74) is 5.41. The van der Waals surface area contributed by atoms with E-state index in [1.165, 1.54) is 122 Å². The van der Waals surface area contributed by atoms with E-state index >= 15 is 0 Å². The van der Waals surface area contributed by atoms with Gasteiger partial charge in [-0.25, -0.2) is 4.57 Å². The zero-order chi connectivity index (χ0) is 67.2. The quantitative estimate of drug-likeness (QED) is 0.0264. The van der Waals surface area contributed by atoms with Gasteiger partial charge in [0.2, 0.25) is 0 Å². The Morgan fingerprint density at radius 3 is 0.828 bits per heavy atom. The molecule has 526 valence electrons. The van der Waals surface area contributed by atoms with E-state index in [2.05, 4.69) is 196 Å². The van der Waals surface area contributed by atoms with Crippen LogP contribution in [0.2, 0.25) is 0 Å². The van der Waals surface area contributed by atoms with Gasteiger partial charge < -0.3 is 20.1 Å². The lowest BCUT2D eigenvalue weighted by Gasteiger charge is -2.19. The molecular formula is C83H136NO8P. The van der Waals surface area contributed by atoms with E-state index < -0.39 is 26.5 Å². The van der Waals surface area contributed by atoms with Crippen LogP contribution in [-0.2, 0) is 32.7 Å². The van der Waals surface area contributed by atoms with Crippen LogP contribution in [0.15, 0.2) is 182 Å². The predicted molar refractivity (Wildman–Crippen MR) is 403 cm³/mol. The summed E-state index contributed by atoms with van der Waals surface area (Å²) in [5.74, 6) is -0.841. The van der Waals surface area contributed by atoms with E-state index in [9.17, 15) is 19.0 Å². The van der Waals surface area contributed by atoms with Gasteiger partial charge in [0.1, 0.15) is 6.61 Å². The number of carbonyl (C=O) groups excluding carboxylic acids is 2. The summed E-state index contributed by atoms with van der Waals surface area (Å²) in [6, 6.07) is 0. The van der Waals surface area contributed by atoms with Gasteiger partial charge in [-0.05, 0) is 135 Å². The molecule has 0 aromatic rings. The van der Waals surface area contributed by atoms with Crippen LogP contribution in [0, 0.1) is 0 Å². The minimum absolute atomic E-state index is 0.0444. The summed E-state index contributed by atoms with van der Waals surface area (Å²) in [5, 5.41) is 0. The molecule has 0 aliphatic carbocycles. The number of phosphoric acid groups is 1. The predicted octanol–water partition coefficient (Wildman–Crippen LogP) is 25.1. The molecule has 0 radical (unpaired) electrons. The second-order valence-electron chi connectivity index (χ2n) is 24.0. The lowest BCUT2D eigenvalue weighted by Crippen LogP contribution is -2.29. The van der Waals surface area contributed by atoms with Gasteiger partial charge in [0, 0.05) is 19.4 Å². The Labute approximate surface area is 571 Å². The Morgan fingerprint density at radius 2 is 0.559 bits per heavy atom. The molecule has 2 unspecified atom stereocenters. The highest BCUT2D eigenvalue weighted by Crippen LogP contribution is 2.43. The lowest BCUT2D eigenvalue weighted by atomic mass is 10.0.